The van der Waals surface area contributed by atoms with E-state index in [0.29, 0.717) is 25.4 Å². The Morgan fingerprint density at radius 1 is 1.00 bits per heavy atom. The Morgan fingerprint density at radius 2 is 1.68 bits per heavy atom. The first-order valence-electron chi connectivity index (χ1n) is 9.95. The first kappa shape index (κ1) is 21.7. The molecule has 2 rings (SSSR count). The lowest BCUT2D eigenvalue weighted by Crippen LogP contribution is -2.48. The minimum absolute atomic E-state index is 0.0373. The minimum atomic E-state index is -0.531. The standard InChI is InChI=1S/C24H32N2O2/c1-17(2)15-25-24(28)20(5)26(16-21-9-7-6-8-10-21)23(27)14-22-13-18(3)11-12-19(22)4/h6-13,17,20H,14-16H2,1-5H3,(H,25,28). The third-order valence-electron chi connectivity index (χ3n) is 4.89. The monoisotopic (exact) mass is 380 g/mol. The fourth-order valence-electron chi connectivity index (χ4n) is 3.07. The van der Waals surface area contributed by atoms with Gasteiger partial charge in [-0.1, -0.05) is 67.9 Å². The molecule has 0 fully saturated rings. The highest BCUT2D eigenvalue weighted by atomic mass is 16.2. The van der Waals surface area contributed by atoms with Gasteiger partial charge in [-0.2, -0.15) is 0 Å². The lowest BCUT2D eigenvalue weighted by Gasteiger charge is -2.29. The largest absolute Gasteiger partial charge is 0.354 e. The number of carbonyl (C=O) groups excluding carboxylic acids is 2. The van der Waals surface area contributed by atoms with Gasteiger partial charge in [0.15, 0.2) is 0 Å². The molecule has 4 nitrogen and oxygen atoms in total. The van der Waals surface area contributed by atoms with E-state index in [1.807, 2.05) is 56.3 Å². The molecule has 2 aromatic carbocycles. The normalized spacial score (nSPS) is 11.9. The third-order valence-corrected chi connectivity index (χ3v) is 4.89. The van der Waals surface area contributed by atoms with Crippen LogP contribution in [0.3, 0.4) is 0 Å². The maximum Gasteiger partial charge on any atom is 0.242 e. The summed E-state index contributed by atoms with van der Waals surface area (Å²) in [7, 11) is 0. The zero-order valence-corrected chi connectivity index (χ0v) is 17.7. The van der Waals surface area contributed by atoms with Gasteiger partial charge in [0.2, 0.25) is 11.8 Å². The highest BCUT2D eigenvalue weighted by Crippen LogP contribution is 2.16. The Balaban J connectivity index is 2.22. The summed E-state index contributed by atoms with van der Waals surface area (Å²) in [5, 5.41) is 2.95. The summed E-state index contributed by atoms with van der Waals surface area (Å²) in [5.74, 6) is 0.216. The smallest absolute Gasteiger partial charge is 0.242 e. The summed E-state index contributed by atoms with van der Waals surface area (Å²) in [5.41, 5.74) is 4.25. The summed E-state index contributed by atoms with van der Waals surface area (Å²) >= 11 is 0. The summed E-state index contributed by atoms with van der Waals surface area (Å²) in [6.07, 6.45) is 0.294. The van der Waals surface area contributed by atoms with Crippen molar-refractivity contribution in [1.29, 1.82) is 0 Å². The van der Waals surface area contributed by atoms with E-state index in [0.717, 1.165) is 22.3 Å². The summed E-state index contributed by atoms with van der Waals surface area (Å²) in [4.78, 5) is 27.5. The Labute approximate surface area is 169 Å². The van der Waals surface area contributed by atoms with Crippen LogP contribution in [0.1, 0.15) is 43.0 Å². The second-order valence-electron chi connectivity index (χ2n) is 7.93. The van der Waals surface area contributed by atoms with Crippen LogP contribution in [0, 0.1) is 19.8 Å². The minimum Gasteiger partial charge on any atom is -0.354 e. The van der Waals surface area contributed by atoms with Crippen LogP contribution in [0.15, 0.2) is 48.5 Å². The molecule has 0 spiro atoms. The second-order valence-corrected chi connectivity index (χ2v) is 7.93. The Hall–Kier alpha value is -2.62. The molecular weight excluding hydrogens is 348 g/mol. The molecule has 0 aliphatic rings. The summed E-state index contributed by atoms with van der Waals surface area (Å²) in [6, 6.07) is 15.4. The Morgan fingerprint density at radius 3 is 2.32 bits per heavy atom. The van der Waals surface area contributed by atoms with E-state index in [4.69, 9.17) is 0 Å². The fourth-order valence-corrected chi connectivity index (χ4v) is 3.07. The maximum atomic E-state index is 13.2. The lowest BCUT2D eigenvalue weighted by molar-refractivity contribution is -0.140. The fraction of sp³-hybridized carbons (Fsp3) is 0.417. The van der Waals surface area contributed by atoms with Gasteiger partial charge in [-0.15, -0.1) is 0 Å². The number of hydrogen-bond acceptors (Lipinski definition) is 2. The molecule has 28 heavy (non-hydrogen) atoms. The molecule has 0 aromatic heterocycles. The molecule has 0 radical (unpaired) electrons. The Kier molecular flexibility index (Phi) is 7.80. The third kappa shape index (κ3) is 6.22. The summed E-state index contributed by atoms with van der Waals surface area (Å²) < 4.78 is 0. The number of rotatable bonds is 8. The van der Waals surface area contributed by atoms with Crippen molar-refractivity contribution >= 4 is 11.8 Å². The number of nitrogens with one attached hydrogen (secondary N) is 1. The second kappa shape index (κ2) is 10.1. The molecule has 2 aromatic rings. The number of carbonyl (C=O) groups is 2. The first-order valence-corrected chi connectivity index (χ1v) is 9.95. The molecular formula is C24H32N2O2. The van der Waals surface area contributed by atoms with Crippen LogP contribution >= 0.6 is 0 Å². The van der Waals surface area contributed by atoms with Crippen molar-refractivity contribution in [2.24, 2.45) is 5.92 Å². The number of nitrogens with zero attached hydrogens (tertiary/aromatic N) is 1. The zero-order chi connectivity index (χ0) is 20.7. The van der Waals surface area contributed by atoms with E-state index < -0.39 is 6.04 Å². The Bertz CT molecular complexity index is 800. The maximum absolute atomic E-state index is 13.2. The van der Waals surface area contributed by atoms with Gasteiger partial charge in [0.25, 0.3) is 0 Å². The molecule has 0 saturated carbocycles. The van der Waals surface area contributed by atoms with Gasteiger partial charge in [-0.05, 0) is 43.4 Å². The molecule has 1 N–H and O–H groups in total. The number of benzene rings is 2. The van der Waals surface area contributed by atoms with E-state index in [2.05, 4.69) is 25.2 Å². The molecule has 0 bridgehead atoms. The van der Waals surface area contributed by atoms with Crippen molar-refractivity contribution < 1.29 is 9.59 Å². The molecule has 0 heterocycles. The van der Waals surface area contributed by atoms with Crippen molar-refractivity contribution in [2.45, 2.75) is 53.6 Å². The average Bonchev–Trinajstić information content (AvgIpc) is 2.67. The lowest BCUT2D eigenvalue weighted by atomic mass is 10.0. The van der Waals surface area contributed by atoms with Gasteiger partial charge >= 0.3 is 0 Å². The van der Waals surface area contributed by atoms with E-state index in [-0.39, 0.29) is 11.8 Å². The average molecular weight is 381 g/mol. The van der Waals surface area contributed by atoms with Gasteiger partial charge < -0.3 is 10.2 Å². The van der Waals surface area contributed by atoms with Crippen LogP contribution in [0.2, 0.25) is 0 Å². The number of hydrogen-bond donors (Lipinski definition) is 1. The predicted octanol–water partition coefficient (Wildman–Crippen LogP) is 4.04. The summed E-state index contributed by atoms with van der Waals surface area (Å²) in [6.45, 7) is 11.0. The number of aryl methyl sites for hydroxylation is 2. The van der Waals surface area contributed by atoms with Crippen LogP contribution in [0.5, 0.6) is 0 Å². The predicted molar refractivity (Wildman–Crippen MR) is 114 cm³/mol. The van der Waals surface area contributed by atoms with Crippen LogP contribution in [-0.4, -0.2) is 29.3 Å². The van der Waals surface area contributed by atoms with Crippen LogP contribution in [-0.2, 0) is 22.6 Å². The van der Waals surface area contributed by atoms with Crippen molar-refractivity contribution in [3.05, 3.63) is 70.8 Å². The molecule has 0 saturated heterocycles. The van der Waals surface area contributed by atoms with Crippen molar-refractivity contribution in [3.8, 4) is 0 Å². The highest BCUT2D eigenvalue weighted by Gasteiger charge is 2.26. The highest BCUT2D eigenvalue weighted by molar-refractivity contribution is 5.88. The molecule has 4 heteroatoms. The van der Waals surface area contributed by atoms with Gasteiger partial charge in [0.1, 0.15) is 6.04 Å². The topological polar surface area (TPSA) is 49.4 Å². The molecule has 0 aliphatic heterocycles. The van der Waals surface area contributed by atoms with E-state index >= 15 is 0 Å². The zero-order valence-electron chi connectivity index (χ0n) is 17.7. The van der Waals surface area contributed by atoms with E-state index in [1.54, 1.807) is 11.8 Å². The molecule has 1 atom stereocenters. The van der Waals surface area contributed by atoms with Crippen molar-refractivity contribution in [2.75, 3.05) is 6.54 Å². The number of amides is 2. The van der Waals surface area contributed by atoms with Gasteiger partial charge in [-0.3, -0.25) is 9.59 Å². The first-order chi connectivity index (χ1) is 13.3. The molecule has 150 valence electrons. The van der Waals surface area contributed by atoms with Crippen LogP contribution in [0.25, 0.3) is 0 Å². The van der Waals surface area contributed by atoms with Crippen molar-refractivity contribution in [3.63, 3.8) is 0 Å². The molecule has 2 amide bonds. The SMILES string of the molecule is Cc1ccc(C)c(CC(=O)N(Cc2ccccc2)C(C)C(=O)NCC(C)C)c1. The van der Waals surface area contributed by atoms with E-state index in [9.17, 15) is 9.59 Å². The van der Waals surface area contributed by atoms with Crippen molar-refractivity contribution in [1.82, 2.24) is 10.2 Å². The van der Waals surface area contributed by atoms with Crippen LogP contribution < -0.4 is 5.32 Å². The van der Waals surface area contributed by atoms with Gasteiger partial charge in [-0.25, -0.2) is 0 Å². The van der Waals surface area contributed by atoms with Gasteiger partial charge in [0.05, 0.1) is 6.42 Å². The molecule has 0 aliphatic carbocycles. The van der Waals surface area contributed by atoms with E-state index in [1.165, 1.54) is 0 Å². The van der Waals surface area contributed by atoms with Crippen LogP contribution in [0.4, 0.5) is 0 Å². The van der Waals surface area contributed by atoms with Gasteiger partial charge in [0, 0.05) is 13.1 Å². The quantitative estimate of drug-likeness (QED) is 0.751. The molecule has 1 unspecified atom stereocenters.